The lowest BCUT2D eigenvalue weighted by Crippen LogP contribution is -2.29. The molecule has 4 rings (SSSR count). The largest absolute Gasteiger partial charge is 0.507 e. The first-order valence-electron chi connectivity index (χ1n) is 11.5. The maximum Gasteiger partial charge on any atom is 0.300 e. The second-order valence-corrected chi connectivity index (χ2v) is 8.58. The van der Waals surface area contributed by atoms with Crippen molar-refractivity contribution in [2.24, 2.45) is 0 Å². The van der Waals surface area contributed by atoms with Gasteiger partial charge in [0.2, 0.25) is 0 Å². The highest BCUT2D eigenvalue weighted by Crippen LogP contribution is 2.43. The summed E-state index contributed by atoms with van der Waals surface area (Å²) in [5, 5.41) is 11.7. The Morgan fingerprint density at radius 2 is 1.66 bits per heavy atom. The van der Waals surface area contributed by atoms with Crippen LogP contribution < -0.4 is 14.5 Å². The summed E-state index contributed by atoms with van der Waals surface area (Å²) >= 11 is 6.01. The number of amides is 1. The second kappa shape index (κ2) is 10.2. The van der Waals surface area contributed by atoms with E-state index in [-0.39, 0.29) is 11.3 Å². The summed E-state index contributed by atoms with van der Waals surface area (Å²) in [5.74, 6) is -1.16. The lowest BCUT2D eigenvalue weighted by atomic mass is 9.95. The molecular weight excluding hydrogens is 464 g/mol. The topological polar surface area (TPSA) is 70.1 Å². The Kier molecular flexibility index (Phi) is 7.12. The number of benzene rings is 3. The number of halogens is 1. The molecule has 0 radical (unpaired) electrons. The summed E-state index contributed by atoms with van der Waals surface area (Å²) in [7, 11) is 1.54. The van der Waals surface area contributed by atoms with Crippen LogP contribution in [0.25, 0.3) is 5.76 Å². The van der Waals surface area contributed by atoms with Crippen molar-refractivity contribution in [2.45, 2.75) is 19.9 Å². The number of Topliss-reactive ketones (excluding diaryl/α,β-unsaturated/α-hetero) is 1. The number of nitrogens with zero attached hydrogens (tertiary/aromatic N) is 2. The van der Waals surface area contributed by atoms with Gasteiger partial charge in [0.1, 0.15) is 11.5 Å². The van der Waals surface area contributed by atoms with Gasteiger partial charge in [-0.15, -0.1) is 0 Å². The molecule has 1 saturated heterocycles. The van der Waals surface area contributed by atoms with E-state index >= 15 is 0 Å². The number of methoxy groups -OCH3 is 1. The second-order valence-electron chi connectivity index (χ2n) is 8.14. The van der Waals surface area contributed by atoms with Crippen molar-refractivity contribution < 1.29 is 19.4 Å². The van der Waals surface area contributed by atoms with Gasteiger partial charge in [-0.1, -0.05) is 29.8 Å². The zero-order chi connectivity index (χ0) is 25.1. The molecule has 1 amide bonds. The third-order valence-corrected chi connectivity index (χ3v) is 6.48. The predicted molar refractivity (Wildman–Crippen MR) is 139 cm³/mol. The van der Waals surface area contributed by atoms with Crippen molar-refractivity contribution in [1.82, 2.24) is 0 Å². The van der Waals surface area contributed by atoms with Gasteiger partial charge in [-0.05, 0) is 67.9 Å². The number of ketones is 1. The molecular formula is C28H27ClN2O4. The third-order valence-electron chi connectivity index (χ3n) is 6.23. The summed E-state index contributed by atoms with van der Waals surface area (Å²) in [5.41, 5.74) is 2.67. The van der Waals surface area contributed by atoms with Crippen LogP contribution >= 0.6 is 11.6 Å². The maximum atomic E-state index is 13.3. The van der Waals surface area contributed by atoms with Crippen LogP contribution in [0.4, 0.5) is 11.4 Å². The lowest BCUT2D eigenvalue weighted by molar-refractivity contribution is -0.132. The molecule has 180 valence electrons. The molecule has 0 saturated carbocycles. The van der Waals surface area contributed by atoms with Crippen LogP contribution in [0.15, 0.2) is 78.4 Å². The van der Waals surface area contributed by atoms with Gasteiger partial charge in [-0.25, -0.2) is 0 Å². The van der Waals surface area contributed by atoms with Crippen molar-refractivity contribution in [3.8, 4) is 5.75 Å². The highest BCUT2D eigenvalue weighted by molar-refractivity contribution is 6.51. The maximum absolute atomic E-state index is 13.3. The van der Waals surface area contributed by atoms with Crippen LogP contribution in [-0.2, 0) is 9.59 Å². The Bertz CT molecular complexity index is 1260. The summed E-state index contributed by atoms with van der Waals surface area (Å²) < 4.78 is 5.34. The molecule has 35 heavy (non-hydrogen) atoms. The van der Waals surface area contributed by atoms with Gasteiger partial charge in [0, 0.05) is 41.1 Å². The fourth-order valence-corrected chi connectivity index (χ4v) is 4.52. The van der Waals surface area contributed by atoms with E-state index in [1.165, 1.54) is 12.0 Å². The Labute approximate surface area is 210 Å². The number of hydrogen-bond acceptors (Lipinski definition) is 5. The molecule has 1 N–H and O–H groups in total. The number of aliphatic hydroxyl groups is 1. The van der Waals surface area contributed by atoms with Crippen molar-refractivity contribution in [2.75, 3.05) is 30.0 Å². The van der Waals surface area contributed by atoms with E-state index in [4.69, 9.17) is 16.3 Å². The van der Waals surface area contributed by atoms with Gasteiger partial charge in [-0.3, -0.25) is 14.5 Å². The molecule has 3 aromatic carbocycles. The molecule has 1 aliphatic heterocycles. The number of ether oxygens (including phenoxy) is 1. The number of anilines is 2. The quantitative estimate of drug-likeness (QED) is 0.257. The van der Waals surface area contributed by atoms with E-state index in [1.54, 1.807) is 48.5 Å². The van der Waals surface area contributed by atoms with E-state index in [0.717, 1.165) is 18.8 Å². The fraction of sp³-hybridized carbons (Fsp3) is 0.214. The molecule has 1 heterocycles. The Hall–Kier alpha value is -3.77. The molecule has 0 aliphatic carbocycles. The molecule has 0 spiro atoms. The highest BCUT2D eigenvalue weighted by atomic mass is 35.5. The SMILES string of the molecule is CCN(CC)c1ccc(C2/C(=C(\O)c3ccc(Cl)cc3)C(=O)C(=O)N2c2cccc(OC)c2)cc1. The molecule has 3 aromatic rings. The van der Waals surface area contributed by atoms with Gasteiger partial charge in [0.15, 0.2) is 0 Å². The minimum absolute atomic E-state index is 0.0238. The van der Waals surface area contributed by atoms with E-state index < -0.39 is 17.7 Å². The van der Waals surface area contributed by atoms with Crippen molar-refractivity contribution in [3.05, 3.63) is 94.5 Å². The standard InChI is InChI=1S/C28H27ClN2O4/c1-4-30(5-2)21-15-11-18(12-16-21)25-24(26(32)19-9-13-20(29)14-10-19)27(33)28(34)31(25)22-7-6-8-23(17-22)35-3/h6-17,25,32H,4-5H2,1-3H3/b26-24+. The minimum atomic E-state index is -0.816. The normalized spacial score (nSPS) is 17.0. The molecule has 0 bridgehead atoms. The molecule has 1 fully saturated rings. The van der Waals surface area contributed by atoms with Crippen LogP contribution in [0.2, 0.25) is 5.02 Å². The van der Waals surface area contributed by atoms with Gasteiger partial charge in [0.05, 0.1) is 18.7 Å². The van der Waals surface area contributed by atoms with Crippen molar-refractivity contribution in [1.29, 1.82) is 0 Å². The first-order valence-corrected chi connectivity index (χ1v) is 11.8. The summed E-state index contributed by atoms with van der Waals surface area (Å²) in [4.78, 5) is 30.2. The van der Waals surface area contributed by atoms with E-state index in [2.05, 4.69) is 18.7 Å². The smallest absolute Gasteiger partial charge is 0.300 e. The van der Waals surface area contributed by atoms with Gasteiger partial charge >= 0.3 is 0 Å². The molecule has 1 unspecified atom stereocenters. The van der Waals surface area contributed by atoms with E-state index in [1.807, 2.05) is 24.3 Å². The third kappa shape index (κ3) is 4.62. The predicted octanol–water partition coefficient (Wildman–Crippen LogP) is 5.82. The van der Waals surface area contributed by atoms with Crippen LogP contribution in [0.1, 0.15) is 31.0 Å². The first-order chi connectivity index (χ1) is 16.9. The number of rotatable bonds is 7. The monoisotopic (exact) mass is 490 g/mol. The minimum Gasteiger partial charge on any atom is -0.507 e. The summed E-state index contributed by atoms with van der Waals surface area (Å²) in [6, 6.07) is 20.4. The van der Waals surface area contributed by atoms with Crippen molar-refractivity contribution >= 4 is 40.4 Å². The average Bonchev–Trinajstić information content (AvgIpc) is 3.15. The van der Waals surface area contributed by atoms with E-state index in [9.17, 15) is 14.7 Å². The zero-order valence-electron chi connectivity index (χ0n) is 19.9. The zero-order valence-corrected chi connectivity index (χ0v) is 20.6. The Morgan fingerprint density at radius 1 is 1.00 bits per heavy atom. The molecule has 7 heteroatoms. The van der Waals surface area contributed by atoms with Crippen LogP contribution in [-0.4, -0.2) is 37.0 Å². The lowest BCUT2D eigenvalue weighted by Gasteiger charge is -2.27. The molecule has 1 atom stereocenters. The Balaban J connectivity index is 1.90. The average molecular weight is 491 g/mol. The summed E-state index contributed by atoms with van der Waals surface area (Å²) in [6.45, 7) is 5.88. The van der Waals surface area contributed by atoms with Crippen LogP contribution in [0.3, 0.4) is 0 Å². The van der Waals surface area contributed by atoms with Gasteiger partial charge in [0.25, 0.3) is 11.7 Å². The van der Waals surface area contributed by atoms with Crippen LogP contribution in [0, 0.1) is 0 Å². The highest BCUT2D eigenvalue weighted by Gasteiger charge is 2.47. The van der Waals surface area contributed by atoms with Crippen LogP contribution in [0.5, 0.6) is 5.75 Å². The van der Waals surface area contributed by atoms with Crippen molar-refractivity contribution in [3.63, 3.8) is 0 Å². The number of carbonyl (C=O) groups excluding carboxylic acids is 2. The molecule has 1 aliphatic rings. The Morgan fingerprint density at radius 3 is 2.26 bits per heavy atom. The molecule has 6 nitrogen and oxygen atoms in total. The molecule has 0 aromatic heterocycles. The van der Waals surface area contributed by atoms with Gasteiger partial charge in [-0.2, -0.15) is 0 Å². The summed E-state index contributed by atoms with van der Waals surface area (Å²) in [6.07, 6.45) is 0. The van der Waals surface area contributed by atoms with Gasteiger partial charge < -0.3 is 14.7 Å². The first kappa shape index (κ1) is 24.4. The van der Waals surface area contributed by atoms with E-state index in [0.29, 0.717) is 27.6 Å². The number of hydrogen-bond donors (Lipinski definition) is 1. The fourth-order valence-electron chi connectivity index (χ4n) is 4.39. The number of aliphatic hydroxyl groups excluding tert-OH is 1. The number of carbonyl (C=O) groups is 2.